The first-order chi connectivity index (χ1) is 27.8. The SMILES string of the molecule is c1ccc(-c2ccc(-c3ccccc3-n3c4ccccc4c4c(N(c5ccccc5)c5cccc(-c6ccccc6-c6ccccc6)c5)cccc43)cc2)cc1. The Morgan fingerprint density at radius 1 is 0.304 bits per heavy atom. The molecule has 0 saturated carbocycles. The number of fused-ring (bicyclic) bond motifs is 3. The minimum absolute atomic E-state index is 1.10. The molecule has 0 aliphatic heterocycles. The summed E-state index contributed by atoms with van der Waals surface area (Å²) in [6, 6.07) is 83.0. The second-order valence-electron chi connectivity index (χ2n) is 14.1. The van der Waals surface area contributed by atoms with Crippen LogP contribution in [0.25, 0.3) is 72.0 Å². The van der Waals surface area contributed by atoms with E-state index < -0.39 is 0 Å². The molecular formula is C54H38N2. The van der Waals surface area contributed by atoms with Gasteiger partial charge in [0.2, 0.25) is 0 Å². The molecule has 0 saturated heterocycles. The zero-order valence-corrected chi connectivity index (χ0v) is 30.8. The highest BCUT2D eigenvalue weighted by molar-refractivity contribution is 6.17. The summed E-state index contributed by atoms with van der Waals surface area (Å²) >= 11 is 0. The molecule has 1 aromatic heterocycles. The fourth-order valence-electron chi connectivity index (χ4n) is 8.25. The second-order valence-corrected chi connectivity index (χ2v) is 14.1. The van der Waals surface area contributed by atoms with Crippen LogP contribution in [0, 0.1) is 0 Å². The van der Waals surface area contributed by atoms with Crippen molar-refractivity contribution in [2.24, 2.45) is 0 Å². The number of benzene rings is 9. The van der Waals surface area contributed by atoms with Gasteiger partial charge in [0, 0.05) is 27.7 Å². The molecule has 56 heavy (non-hydrogen) atoms. The first kappa shape index (κ1) is 33.2. The number of nitrogens with zero attached hydrogens (tertiary/aromatic N) is 2. The molecule has 0 N–H and O–H groups in total. The minimum Gasteiger partial charge on any atom is -0.310 e. The van der Waals surface area contributed by atoms with Gasteiger partial charge in [0.05, 0.1) is 22.4 Å². The fraction of sp³-hybridized carbons (Fsp3) is 0. The Kier molecular flexibility index (Phi) is 8.55. The van der Waals surface area contributed by atoms with Crippen molar-refractivity contribution >= 4 is 38.9 Å². The molecule has 0 spiro atoms. The highest BCUT2D eigenvalue weighted by Gasteiger charge is 2.22. The van der Waals surface area contributed by atoms with E-state index in [2.05, 4.69) is 240 Å². The zero-order valence-electron chi connectivity index (χ0n) is 30.8. The van der Waals surface area contributed by atoms with E-state index in [0.29, 0.717) is 0 Å². The van der Waals surface area contributed by atoms with E-state index in [-0.39, 0.29) is 0 Å². The summed E-state index contributed by atoms with van der Waals surface area (Å²) in [5, 5.41) is 2.41. The van der Waals surface area contributed by atoms with Gasteiger partial charge < -0.3 is 9.47 Å². The minimum atomic E-state index is 1.10. The molecule has 0 bridgehead atoms. The second kappa shape index (κ2) is 14.4. The predicted octanol–water partition coefficient (Wildman–Crippen LogP) is 14.9. The first-order valence-electron chi connectivity index (χ1n) is 19.2. The lowest BCUT2D eigenvalue weighted by molar-refractivity contribution is 1.18. The summed E-state index contributed by atoms with van der Waals surface area (Å²) in [6.07, 6.45) is 0. The zero-order chi connectivity index (χ0) is 37.3. The summed E-state index contributed by atoms with van der Waals surface area (Å²) < 4.78 is 2.45. The molecule has 9 aromatic carbocycles. The van der Waals surface area contributed by atoms with Gasteiger partial charge in [0.15, 0.2) is 0 Å². The van der Waals surface area contributed by atoms with Gasteiger partial charge in [-0.2, -0.15) is 0 Å². The normalized spacial score (nSPS) is 11.2. The number of para-hydroxylation sites is 3. The number of anilines is 3. The quantitative estimate of drug-likeness (QED) is 0.152. The monoisotopic (exact) mass is 714 g/mol. The highest BCUT2D eigenvalue weighted by Crippen LogP contribution is 2.45. The Morgan fingerprint density at radius 3 is 1.54 bits per heavy atom. The van der Waals surface area contributed by atoms with Gasteiger partial charge in [-0.25, -0.2) is 0 Å². The van der Waals surface area contributed by atoms with Crippen LogP contribution in [-0.4, -0.2) is 4.57 Å². The van der Waals surface area contributed by atoms with Crippen LogP contribution in [0.3, 0.4) is 0 Å². The van der Waals surface area contributed by atoms with Crippen molar-refractivity contribution in [3.05, 3.63) is 231 Å². The van der Waals surface area contributed by atoms with Crippen LogP contribution in [0.4, 0.5) is 17.1 Å². The van der Waals surface area contributed by atoms with Crippen LogP contribution in [-0.2, 0) is 0 Å². The van der Waals surface area contributed by atoms with Gasteiger partial charge in [0.25, 0.3) is 0 Å². The maximum absolute atomic E-state index is 2.45. The Bertz CT molecular complexity index is 2940. The largest absolute Gasteiger partial charge is 0.310 e. The molecule has 264 valence electrons. The molecule has 1 heterocycles. The molecule has 0 radical (unpaired) electrons. The fourth-order valence-corrected chi connectivity index (χ4v) is 8.25. The molecule has 0 aliphatic rings. The number of hydrogen-bond donors (Lipinski definition) is 0. The number of hydrogen-bond acceptors (Lipinski definition) is 1. The predicted molar refractivity (Wildman–Crippen MR) is 237 cm³/mol. The van der Waals surface area contributed by atoms with Gasteiger partial charge >= 0.3 is 0 Å². The molecular weight excluding hydrogens is 677 g/mol. The van der Waals surface area contributed by atoms with Gasteiger partial charge in [-0.1, -0.05) is 182 Å². The van der Waals surface area contributed by atoms with Crippen molar-refractivity contribution in [2.75, 3.05) is 4.90 Å². The van der Waals surface area contributed by atoms with Crippen molar-refractivity contribution in [3.63, 3.8) is 0 Å². The molecule has 0 unspecified atom stereocenters. The van der Waals surface area contributed by atoms with E-state index >= 15 is 0 Å². The third-order valence-electron chi connectivity index (χ3n) is 10.8. The molecule has 10 rings (SSSR count). The number of rotatable bonds is 8. The molecule has 0 atom stereocenters. The summed E-state index contributed by atoms with van der Waals surface area (Å²) in [5.74, 6) is 0. The van der Waals surface area contributed by atoms with Crippen LogP contribution in [0.15, 0.2) is 231 Å². The first-order valence-corrected chi connectivity index (χ1v) is 19.2. The van der Waals surface area contributed by atoms with E-state index in [0.717, 1.165) is 28.3 Å². The Balaban J connectivity index is 1.16. The molecule has 0 aliphatic carbocycles. The van der Waals surface area contributed by atoms with E-state index in [1.54, 1.807) is 0 Å². The molecule has 2 heteroatoms. The summed E-state index contributed by atoms with van der Waals surface area (Å²) in [5.41, 5.74) is 16.4. The highest BCUT2D eigenvalue weighted by atomic mass is 15.1. The average molecular weight is 715 g/mol. The van der Waals surface area contributed by atoms with E-state index in [4.69, 9.17) is 0 Å². The maximum atomic E-state index is 2.45. The van der Waals surface area contributed by atoms with Gasteiger partial charge in [-0.3, -0.25) is 0 Å². The molecule has 0 fully saturated rings. The van der Waals surface area contributed by atoms with Crippen molar-refractivity contribution in [1.82, 2.24) is 4.57 Å². The average Bonchev–Trinajstić information content (AvgIpc) is 3.62. The van der Waals surface area contributed by atoms with E-state index in [1.807, 2.05) is 0 Å². The lowest BCUT2D eigenvalue weighted by atomic mass is 9.94. The van der Waals surface area contributed by atoms with Crippen LogP contribution >= 0.6 is 0 Å². The smallest absolute Gasteiger partial charge is 0.0562 e. The Labute approximate surface area is 327 Å². The van der Waals surface area contributed by atoms with Crippen LogP contribution in [0.5, 0.6) is 0 Å². The third-order valence-corrected chi connectivity index (χ3v) is 10.8. The van der Waals surface area contributed by atoms with Gasteiger partial charge in [-0.15, -0.1) is 0 Å². The van der Waals surface area contributed by atoms with Crippen molar-refractivity contribution < 1.29 is 0 Å². The van der Waals surface area contributed by atoms with Gasteiger partial charge in [-0.05, 0) is 87.5 Å². The topological polar surface area (TPSA) is 8.17 Å². The Morgan fingerprint density at radius 2 is 0.786 bits per heavy atom. The lowest BCUT2D eigenvalue weighted by Crippen LogP contribution is -2.10. The molecule has 10 aromatic rings. The van der Waals surface area contributed by atoms with Crippen molar-refractivity contribution in [3.8, 4) is 50.2 Å². The maximum Gasteiger partial charge on any atom is 0.0562 e. The van der Waals surface area contributed by atoms with Crippen LogP contribution < -0.4 is 4.90 Å². The van der Waals surface area contributed by atoms with Crippen LogP contribution in [0.2, 0.25) is 0 Å². The van der Waals surface area contributed by atoms with Crippen molar-refractivity contribution in [2.45, 2.75) is 0 Å². The Hall–Kier alpha value is -7.42. The van der Waals surface area contributed by atoms with Crippen molar-refractivity contribution in [1.29, 1.82) is 0 Å². The lowest BCUT2D eigenvalue weighted by Gasteiger charge is -2.27. The molecule has 0 amide bonds. The number of aromatic nitrogens is 1. The van der Waals surface area contributed by atoms with Gasteiger partial charge in [0.1, 0.15) is 0 Å². The molecule has 2 nitrogen and oxygen atoms in total. The third kappa shape index (κ3) is 5.95. The van der Waals surface area contributed by atoms with E-state index in [1.165, 1.54) is 60.8 Å². The van der Waals surface area contributed by atoms with Crippen LogP contribution in [0.1, 0.15) is 0 Å². The van der Waals surface area contributed by atoms with E-state index in [9.17, 15) is 0 Å². The summed E-state index contributed by atoms with van der Waals surface area (Å²) in [4.78, 5) is 2.42. The summed E-state index contributed by atoms with van der Waals surface area (Å²) in [7, 11) is 0. The standard InChI is InChI=1S/C54H38N2/c1-4-18-39(19-5-1)40-34-36-42(37-35-40)48-28-12-14-30-50(48)56-51-31-15-13-29-49(51)54-52(32-17-33-53(54)56)55(44-23-8-3-9-24-44)45-25-16-22-43(38-45)47-27-11-10-26-46(47)41-20-6-2-7-21-41/h1-38H. The summed E-state index contributed by atoms with van der Waals surface area (Å²) in [6.45, 7) is 0.